The summed E-state index contributed by atoms with van der Waals surface area (Å²) in [4.78, 5) is 35.6. The zero-order chi connectivity index (χ0) is 21.7. The van der Waals surface area contributed by atoms with Crippen molar-refractivity contribution >= 4 is 23.1 Å². The fourth-order valence-electron chi connectivity index (χ4n) is 4.68. The molecule has 0 N–H and O–H groups in total. The van der Waals surface area contributed by atoms with E-state index in [1.165, 1.54) is 0 Å². The van der Waals surface area contributed by atoms with E-state index in [-0.39, 0.29) is 17.5 Å². The van der Waals surface area contributed by atoms with E-state index in [1.807, 2.05) is 36.4 Å². The van der Waals surface area contributed by atoms with Gasteiger partial charge in [-0.3, -0.25) is 9.59 Å². The van der Waals surface area contributed by atoms with E-state index in [0.29, 0.717) is 28.1 Å². The Bertz CT molecular complexity index is 1440. The number of aromatic nitrogens is 1. The van der Waals surface area contributed by atoms with Crippen molar-refractivity contribution in [3.05, 3.63) is 130 Å². The number of nitrogens with zero attached hydrogens (tertiary/aromatic N) is 2. The van der Waals surface area contributed by atoms with Gasteiger partial charge in [-0.25, -0.2) is 9.98 Å². The molecule has 0 fully saturated rings. The van der Waals surface area contributed by atoms with E-state index in [9.17, 15) is 9.59 Å². The molecular formula is C28H18N2O2. The van der Waals surface area contributed by atoms with Crippen LogP contribution >= 0.6 is 0 Å². The minimum atomic E-state index is -0.122. The summed E-state index contributed by atoms with van der Waals surface area (Å²) < 4.78 is 0. The number of hydrogen-bond acceptors (Lipinski definition) is 4. The van der Waals surface area contributed by atoms with Crippen LogP contribution in [0.3, 0.4) is 0 Å². The highest BCUT2D eigenvalue weighted by atomic mass is 16.1. The van der Waals surface area contributed by atoms with Crippen LogP contribution in [0.4, 0.5) is 5.82 Å². The van der Waals surface area contributed by atoms with E-state index in [0.717, 1.165) is 28.8 Å². The quantitative estimate of drug-likeness (QED) is 0.393. The van der Waals surface area contributed by atoms with E-state index < -0.39 is 0 Å². The highest BCUT2D eigenvalue weighted by Gasteiger charge is 2.32. The highest BCUT2D eigenvalue weighted by Crippen LogP contribution is 2.36. The van der Waals surface area contributed by atoms with Crippen LogP contribution in [-0.2, 0) is 6.42 Å². The normalized spacial score (nSPS) is 16.6. The van der Waals surface area contributed by atoms with Crippen molar-refractivity contribution in [2.75, 3.05) is 0 Å². The third kappa shape index (κ3) is 2.84. The van der Waals surface area contributed by atoms with E-state index >= 15 is 0 Å². The lowest BCUT2D eigenvalue weighted by molar-refractivity contribution is 0.0979. The zero-order valence-corrected chi connectivity index (χ0v) is 17.2. The van der Waals surface area contributed by atoms with Gasteiger partial charge in [-0.2, -0.15) is 0 Å². The third-order valence-corrected chi connectivity index (χ3v) is 6.27. The van der Waals surface area contributed by atoms with Crippen molar-refractivity contribution in [1.29, 1.82) is 0 Å². The van der Waals surface area contributed by atoms with Crippen LogP contribution in [0.25, 0.3) is 0 Å². The van der Waals surface area contributed by atoms with Crippen LogP contribution in [0.2, 0.25) is 0 Å². The van der Waals surface area contributed by atoms with Gasteiger partial charge in [0.25, 0.3) is 0 Å². The Morgan fingerprint density at radius 2 is 1.38 bits per heavy atom. The largest absolute Gasteiger partial charge is 0.289 e. The number of carbonyl (C=O) groups is 2. The SMILES string of the molecule is O=C1c2ccccc2C(=O)c2cc(C3=Nc4ncccc4CC3c3ccccc3)ccc21. The molecule has 152 valence electrons. The summed E-state index contributed by atoms with van der Waals surface area (Å²) in [6, 6.07) is 26.8. The van der Waals surface area contributed by atoms with Gasteiger partial charge in [0.15, 0.2) is 17.4 Å². The van der Waals surface area contributed by atoms with Gasteiger partial charge in [0.2, 0.25) is 0 Å². The number of carbonyl (C=O) groups excluding carboxylic acids is 2. The second kappa shape index (κ2) is 7.20. The van der Waals surface area contributed by atoms with Gasteiger partial charge in [0.05, 0.1) is 5.71 Å². The maximum atomic E-state index is 13.2. The molecule has 1 aliphatic heterocycles. The van der Waals surface area contributed by atoms with Crippen LogP contribution in [0.15, 0.2) is 96.1 Å². The monoisotopic (exact) mass is 414 g/mol. The highest BCUT2D eigenvalue weighted by molar-refractivity contribution is 6.29. The second-order valence-electron chi connectivity index (χ2n) is 8.11. The van der Waals surface area contributed by atoms with Gasteiger partial charge >= 0.3 is 0 Å². The van der Waals surface area contributed by atoms with Crippen molar-refractivity contribution < 1.29 is 9.59 Å². The summed E-state index contributed by atoms with van der Waals surface area (Å²) in [6.45, 7) is 0. The number of benzene rings is 3. The molecule has 0 spiro atoms. The van der Waals surface area contributed by atoms with E-state index in [2.05, 4.69) is 23.2 Å². The molecule has 6 rings (SSSR count). The summed E-state index contributed by atoms with van der Waals surface area (Å²) in [5.74, 6) is 0.509. The minimum absolute atomic E-state index is 0.0348. The smallest absolute Gasteiger partial charge is 0.194 e. The fraction of sp³-hybridized carbons (Fsp3) is 0.0714. The molecule has 4 heteroatoms. The average Bonchev–Trinajstić information content (AvgIpc) is 2.86. The topological polar surface area (TPSA) is 59.4 Å². The molecule has 0 amide bonds. The summed E-state index contributed by atoms with van der Waals surface area (Å²) >= 11 is 0. The number of hydrogen-bond donors (Lipinski definition) is 0. The lowest BCUT2D eigenvalue weighted by Crippen LogP contribution is -2.24. The van der Waals surface area contributed by atoms with Gasteiger partial charge in [-0.15, -0.1) is 0 Å². The molecule has 4 aromatic rings. The molecule has 32 heavy (non-hydrogen) atoms. The van der Waals surface area contributed by atoms with E-state index in [4.69, 9.17) is 4.99 Å². The molecule has 3 aromatic carbocycles. The Morgan fingerprint density at radius 1 is 0.688 bits per heavy atom. The number of rotatable bonds is 2. The van der Waals surface area contributed by atoms with Gasteiger partial charge < -0.3 is 0 Å². The van der Waals surface area contributed by atoms with Crippen molar-refractivity contribution in [3.8, 4) is 0 Å². The number of ketones is 2. The van der Waals surface area contributed by atoms with Crippen molar-refractivity contribution in [1.82, 2.24) is 4.98 Å². The maximum absolute atomic E-state index is 13.2. The molecule has 1 aromatic heterocycles. The summed E-state index contributed by atoms with van der Waals surface area (Å²) in [6.07, 6.45) is 2.52. The van der Waals surface area contributed by atoms with Gasteiger partial charge in [0.1, 0.15) is 0 Å². The zero-order valence-electron chi connectivity index (χ0n) is 17.2. The Hall–Kier alpha value is -4.18. The lowest BCUT2D eigenvalue weighted by atomic mass is 9.79. The molecule has 2 aliphatic rings. The molecule has 1 aliphatic carbocycles. The molecule has 0 bridgehead atoms. The molecule has 4 nitrogen and oxygen atoms in total. The predicted octanol–water partition coefficient (Wildman–Crippen LogP) is 5.32. The summed E-state index contributed by atoms with van der Waals surface area (Å²) in [5.41, 5.74) is 5.77. The first-order chi connectivity index (χ1) is 15.7. The first kappa shape index (κ1) is 18.6. The molecular weight excluding hydrogens is 396 g/mol. The van der Waals surface area contributed by atoms with Gasteiger partial charge in [-0.05, 0) is 41.3 Å². The van der Waals surface area contributed by atoms with Crippen LogP contribution in [0.1, 0.15) is 54.5 Å². The van der Waals surface area contributed by atoms with Crippen molar-refractivity contribution in [2.45, 2.75) is 12.3 Å². The molecule has 1 unspecified atom stereocenters. The number of fused-ring (bicyclic) bond motifs is 3. The Labute approximate surface area is 185 Å². The van der Waals surface area contributed by atoms with Crippen LogP contribution < -0.4 is 0 Å². The Kier molecular flexibility index (Phi) is 4.18. The molecule has 0 radical (unpaired) electrons. The lowest BCUT2D eigenvalue weighted by Gasteiger charge is -2.26. The molecule has 0 saturated heterocycles. The third-order valence-electron chi connectivity index (χ3n) is 6.27. The number of aliphatic imine (C=N–C) groups is 1. The minimum Gasteiger partial charge on any atom is -0.289 e. The molecule has 0 saturated carbocycles. The van der Waals surface area contributed by atoms with Crippen molar-refractivity contribution in [3.63, 3.8) is 0 Å². The van der Waals surface area contributed by atoms with Crippen LogP contribution in [0.5, 0.6) is 0 Å². The standard InChI is InChI=1S/C28H18N2O2/c31-26-20-10-4-5-11-21(20)27(32)24-15-18(12-13-22(24)26)25-23(17-7-2-1-3-8-17)16-19-9-6-14-29-28(19)30-25/h1-15,23H,16H2. The summed E-state index contributed by atoms with van der Waals surface area (Å²) in [7, 11) is 0. The van der Waals surface area contributed by atoms with Crippen molar-refractivity contribution in [2.24, 2.45) is 4.99 Å². The number of pyridine rings is 1. The average molecular weight is 414 g/mol. The first-order valence-corrected chi connectivity index (χ1v) is 10.6. The molecule has 2 heterocycles. The first-order valence-electron chi connectivity index (χ1n) is 10.6. The van der Waals surface area contributed by atoms with Gasteiger partial charge in [-0.1, -0.05) is 66.7 Å². The molecule has 1 atom stereocenters. The maximum Gasteiger partial charge on any atom is 0.194 e. The Balaban J connectivity index is 1.52. The van der Waals surface area contributed by atoms with Crippen LogP contribution in [0, 0.1) is 0 Å². The fourth-order valence-corrected chi connectivity index (χ4v) is 4.68. The summed E-state index contributed by atoms with van der Waals surface area (Å²) in [5, 5.41) is 0. The van der Waals surface area contributed by atoms with Crippen LogP contribution in [-0.4, -0.2) is 22.3 Å². The predicted molar refractivity (Wildman–Crippen MR) is 123 cm³/mol. The van der Waals surface area contributed by atoms with E-state index in [1.54, 1.807) is 36.5 Å². The van der Waals surface area contributed by atoms with Gasteiger partial charge in [0, 0.05) is 34.4 Å². The Morgan fingerprint density at radius 3 is 2.16 bits per heavy atom. The second-order valence-corrected chi connectivity index (χ2v) is 8.11.